The van der Waals surface area contributed by atoms with Gasteiger partial charge in [0.1, 0.15) is 11.5 Å². The van der Waals surface area contributed by atoms with E-state index in [0.717, 1.165) is 76.2 Å². The predicted molar refractivity (Wildman–Crippen MR) is 158 cm³/mol. The Hall–Kier alpha value is -3.79. The normalized spacial score (nSPS) is 19.3. The van der Waals surface area contributed by atoms with Gasteiger partial charge in [-0.1, -0.05) is 12.6 Å². The van der Waals surface area contributed by atoms with Gasteiger partial charge in [0, 0.05) is 74.4 Å². The molecule has 3 aromatic heterocycles. The van der Waals surface area contributed by atoms with Crippen LogP contribution in [0.15, 0.2) is 24.3 Å². The van der Waals surface area contributed by atoms with E-state index >= 15 is 4.39 Å². The first-order valence-corrected chi connectivity index (χ1v) is 14.7. The van der Waals surface area contributed by atoms with Gasteiger partial charge in [-0.15, -0.1) is 0 Å². The second-order valence-corrected chi connectivity index (χ2v) is 11.7. The molecule has 7 rings (SSSR count). The van der Waals surface area contributed by atoms with Crippen molar-refractivity contribution in [3.8, 4) is 11.4 Å². The van der Waals surface area contributed by atoms with Crippen molar-refractivity contribution < 1.29 is 9.13 Å². The smallest absolute Gasteiger partial charge is 0.188 e. The zero-order valence-corrected chi connectivity index (χ0v) is 24.3. The average molecular weight is 557 g/mol. The molecule has 0 spiro atoms. The van der Waals surface area contributed by atoms with Crippen LogP contribution in [0.3, 0.4) is 0 Å². The van der Waals surface area contributed by atoms with Crippen molar-refractivity contribution >= 4 is 22.5 Å². The third-order valence-electron chi connectivity index (χ3n) is 8.92. The Kier molecular flexibility index (Phi) is 6.33. The van der Waals surface area contributed by atoms with Crippen molar-refractivity contribution in [3.63, 3.8) is 0 Å². The van der Waals surface area contributed by atoms with Crippen LogP contribution in [0.1, 0.15) is 60.3 Å². The van der Waals surface area contributed by atoms with Gasteiger partial charge in [0.05, 0.1) is 17.3 Å². The zero-order chi connectivity index (χ0) is 28.4. The first kappa shape index (κ1) is 26.1. The number of nitrogens with one attached hydrogen (secondary N) is 1. The fourth-order valence-electron chi connectivity index (χ4n) is 6.57. The average Bonchev–Trinajstić information content (AvgIpc) is 3.68. The molecule has 41 heavy (non-hydrogen) atoms. The minimum Gasteiger partial charge on any atom is -0.377 e. The minimum atomic E-state index is -0.163. The lowest BCUT2D eigenvalue weighted by Crippen LogP contribution is -2.41. The van der Waals surface area contributed by atoms with Crippen LogP contribution in [-0.2, 0) is 24.2 Å². The first-order valence-electron chi connectivity index (χ1n) is 14.7. The van der Waals surface area contributed by atoms with E-state index in [4.69, 9.17) is 14.7 Å². The number of piperidine rings is 1. The summed E-state index contributed by atoms with van der Waals surface area (Å²) in [5.41, 5.74) is 7.74. The summed E-state index contributed by atoms with van der Waals surface area (Å²) >= 11 is 0. The van der Waals surface area contributed by atoms with Crippen molar-refractivity contribution in [3.05, 3.63) is 58.3 Å². The van der Waals surface area contributed by atoms with E-state index in [-0.39, 0.29) is 17.8 Å². The largest absolute Gasteiger partial charge is 0.377 e. The maximum absolute atomic E-state index is 15.8. The van der Waals surface area contributed by atoms with Gasteiger partial charge in [-0.2, -0.15) is 10.2 Å². The highest BCUT2D eigenvalue weighted by atomic mass is 19.1. The topological polar surface area (TPSA) is 88.0 Å². The second-order valence-electron chi connectivity index (χ2n) is 11.7. The van der Waals surface area contributed by atoms with Crippen molar-refractivity contribution in [2.75, 3.05) is 36.5 Å². The maximum atomic E-state index is 15.8. The first-order chi connectivity index (χ1) is 19.9. The highest BCUT2D eigenvalue weighted by Gasteiger charge is 2.36. The molecule has 1 N–H and O–H groups in total. The zero-order valence-electron chi connectivity index (χ0n) is 24.3. The van der Waals surface area contributed by atoms with Crippen LogP contribution in [0.25, 0.3) is 22.3 Å². The molecule has 214 valence electrons. The molecule has 3 aliphatic rings. The van der Waals surface area contributed by atoms with E-state index < -0.39 is 0 Å². The molecule has 4 aromatic rings. The van der Waals surface area contributed by atoms with Crippen LogP contribution in [0, 0.1) is 19.7 Å². The van der Waals surface area contributed by atoms with Crippen LogP contribution in [-0.4, -0.2) is 62.8 Å². The van der Waals surface area contributed by atoms with Crippen molar-refractivity contribution in [2.45, 2.75) is 71.6 Å². The molecule has 0 amide bonds. The van der Waals surface area contributed by atoms with Gasteiger partial charge >= 0.3 is 0 Å². The summed E-state index contributed by atoms with van der Waals surface area (Å²) in [5, 5.41) is 13.4. The highest BCUT2D eigenvalue weighted by Crippen LogP contribution is 2.44. The van der Waals surface area contributed by atoms with Gasteiger partial charge in [-0.25, -0.2) is 19.0 Å². The number of H-pyrrole nitrogens is 1. The molecule has 5 heterocycles. The third kappa shape index (κ3) is 4.31. The number of anilines is 2. The number of rotatable bonds is 6. The van der Waals surface area contributed by atoms with Crippen molar-refractivity contribution in [2.24, 2.45) is 0 Å². The van der Waals surface area contributed by atoms with Crippen LogP contribution >= 0.6 is 0 Å². The van der Waals surface area contributed by atoms with E-state index in [1.165, 1.54) is 0 Å². The Morgan fingerprint density at radius 2 is 1.93 bits per heavy atom. The number of aryl methyl sites for hydroxylation is 3. The van der Waals surface area contributed by atoms with Gasteiger partial charge in [-0.3, -0.25) is 5.10 Å². The Bertz CT molecular complexity index is 1670. The van der Waals surface area contributed by atoms with Crippen molar-refractivity contribution in [1.29, 1.82) is 0 Å². The molecule has 1 saturated heterocycles. The number of aromatic nitrogens is 6. The van der Waals surface area contributed by atoms with Gasteiger partial charge < -0.3 is 14.5 Å². The van der Waals surface area contributed by atoms with Crippen molar-refractivity contribution in [1.82, 2.24) is 29.9 Å². The minimum absolute atomic E-state index is 0.0401. The molecule has 1 aromatic carbocycles. The Labute approximate surface area is 239 Å². The lowest BCUT2D eigenvalue weighted by molar-refractivity contribution is 0.118. The van der Waals surface area contributed by atoms with Gasteiger partial charge in [0.15, 0.2) is 17.5 Å². The summed E-state index contributed by atoms with van der Waals surface area (Å²) in [7, 11) is 1.74. The SMILES string of the molecule is C=C1CN(c2nc(-c3c(C)ccc4n[nH]c(C)c34)nc3c2CN(c2c(F)c(C4CC4)nn2CC)CC3)CC[C@H]1OC. The van der Waals surface area contributed by atoms with E-state index in [0.29, 0.717) is 49.9 Å². The van der Waals surface area contributed by atoms with Crippen LogP contribution < -0.4 is 9.80 Å². The molecule has 2 aliphatic heterocycles. The third-order valence-corrected chi connectivity index (χ3v) is 8.92. The molecular weight excluding hydrogens is 519 g/mol. The summed E-state index contributed by atoms with van der Waals surface area (Å²) in [4.78, 5) is 14.9. The number of aromatic amines is 1. The summed E-state index contributed by atoms with van der Waals surface area (Å²) in [5.74, 6) is 2.29. The maximum Gasteiger partial charge on any atom is 0.188 e. The number of benzene rings is 1. The lowest BCUT2D eigenvalue weighted by atomic mass is 9.98. The fraction of sp³-hybridized carbons (Fsp3) is 0.484. The summed E-state index contributed by atoms with van der Waals surface area (Å²) < 4.78 is 23.3. The van der Waals surface area contributed by atoms with Gasteiger partial charge in [0.2, 0.25) is 0 Å². The Balaban J connectivity index is 1.35. The molecule has 2 fully saturated rings. The number of hydrogen-bond donors (Lipinski definition) is 1. The number of hydrogen-bond acceptors (Lipinski definition) is 7. The molecule has 10 heteroatoms. The van der Waals surface area contributed by atoms with E-state index in [1.54, 1.807) is 7.11 Å². The standard InChI is InChI=1S/C31H37FN8O/c1-6-40-31(27(32)28(37-40)20-8-9-20)39-13-11-22-21(16-39)30(38-14-12-24(41-5)18(3)15-38)34-29(33-22)25-17(2)7-10-23-26(25)19(4)35-36-23/h7,10,20,24H,3,6,8-9,11-16H2,1-2,4-5H3,(H,35,36)/t24-/m1/s1. The molecule has 1 saturated carbocycles. The molecule has 9 nitrogen and oxygen atoms in total. The predicted octanol–water partition coefficient (Wildman–Crippen LogP) is 5.21. The quantitative estimate of drug-likeness (QED) is 0.326. The molecule has 0 radical (unpaired) electrons. The number of fused-ring (bicyclic) bond motifs is 2. The monoisotopic (exact) mass is 556 g/mol. The Morgan fingerprint density at radius 3 is 2.66 bits per heavy atom. The van der Waals surface area contributed by atoms with Crippen LogP contribution in [0.2, 0.25) is 0 Å². The summed E-state index contributed by atoms with van der Waals surface area (Å²) in [6, 6.07) is 4.12. The summed E-state index contributed by atoms with van der Waals surface area (Å²) in [6.45, 7) is 13.8. The lowest BCUT2D eigenvalue weighted by Gasteiger charge is -2.37. The number of nitrogens with zero attached hydrogens (tertiary/aromatic N) is 7. The van der Waals surface area contributed by atoms with Crippen LogP contribution in [0.5, 0.6) is 0 Å². The molecular formula is C31H37FN8O. The van der Waals surface area contributed by atoms with E-state index in [9.17, 15) is 0 Å². The van der Waals surface area contributed by atoms with E-state index in [1.807, 2.05) is 24.6 Å². The summed E-state index contributed by atoms with van der Waals surface area (Å²) in [6.07, 6.45) is 3.61. The molecule has 0 unspecified atom stereocenters. The highest BCUT2D eigenvalue weighted by molar-refractivity contribution is 5.96. The number of ether oxygens (including phenoxy) is 1. The van der Waals surface area contributed by atoms with Crippen LogP contribution in [0.4, 0.5) is 16.0 Å². The van der Waals surface area contributed by atoms with Gasteiger partial charge in [0.25, 0.3) is 0 Å². The second kappa shape index (κ2) is 9.94. The molecule has 1 aliphatic carbocycles. The van der Waals surface area contributed by atoms with E-state index in [2.05, 4.69) is 44.7 Å². The number of halogens is 1. The number of methoxy groups -OCH3 is 1. The molecule has 0 bridgehead atoms. The Morgan fingerprint density at radius 1 is 1.10 bits per heavy atom. The molecule has 1 atom stereocenters. The van der Waals surface area contributed by atoms with Gasteiger partial charge in [-0.05, 0) is 57.2 Å². The fourth-order valence-corrected chi connectivity index (χ4v) is 6.57.